The average Bonchev–Trinajstić information content (AvgIpc) is 1.65. The third kappa shape index (κ3) is 4.11. The molecule has 0 aromatic rings. The minimum atomic E-state index is -0.369. The maximum Gasteiger partial charge on any atom is 0.331 e. The highest BCUT2D eigenvalue weighted by molar-refractivity contribution is 14.1. The van der Waals surface area contributed by atoms with E-state index in [0.717, 1.165) is 6.08 Å². The lowest BCUT2D eigenvalue weighted by Gasteiger charge is -2.00. The highest BCUT2D eigenvalue weighted by Gasteiger charge is 1.98. The minimum Gasteiger partial charge on any atom is -0.449 e. The van der Waals surface area contributed by atoms with Crippen LogP contribution in [-0.4, -0.2) is 10.1 Å². The fraction of sp³-hybridized carbons (Fsp3) is 0.400. The van der Waals surface area contributed by atoms with Crippen molar-refractivity contribution in [1.29, 1.82) is 0 Å². The summed E-state index contributed by atoms with van der Waals surface area (Å²) in [5.41, 5.74) is 0. The monoisotopic (exact) mass is 226 g/mol. The molecule has 0 amide bonds. The van der Waals surface area contributed by atoms with Crippen molar-refractivity contribution < 1.29 is 9.53 Å². The number of hydrogen-bond acceptors (Lipinski definition) is 2. The number of esters is 1. The molecule has 3 heteroatoms. The smallest absolute Gasteiger partial charge is 0.331 e. The maximum atomic E-state index is 10.3. The molecule has 0 aromatic heterocycles. The quantitative estimate of drug-likeness (QED) is 0.308. The van der Waals surface area contributed by atoms with Gasteiger partial charge in [-0.25, -0.2) is 4.79 Å². The van der Waals surface area contributed by atoms with Gasteiger partial charge >= 0.3 is 5.97 Å². The molecule has 0 aliphatic heterocycles. The number of carbonyl (C=O) groups is 1. The number of hydrogen-bond donors (Lipinski definition) is 0. The summed E-state index contributed by atoms with van der Waals surface area (Å²) in [7, 11) is 0. The first-order valence-corrected chi connectivity index (χ1v) is 3.38. The lowest BCUT2D eigenvalue weighted by molar-refractivity contribution is -0.137. The number of halogens is 1. The molecule has 0 rings (SSSR count). The van der Waals surface area contributed by atoms with Crippen molar-refractivity contribution in [2.75, 3.05) is 0 Å². The topological polar surface area (TPSA) is 26.3 Å². The first-order chi connectivity index (χ1) is 3.66. The van der Waals surface area contributed by atoms with Gasteiger partial charge in [-0.2, -0.15) is 0 Å². The van der Waals surface area contributed by atoms with Gasteiger partial charge in [0.1, 0.15) is 4.11 Å². The second kappa shape index (κ2) is 3.88. The van der Waals surface area contributed by atoms with E-state index in [0.29, 0.717) is 0 Å². The predicted octanol–water partition coefficient (Wildman–Crippen LogP) is 1.50. The fourth-order valence-electron chi connectivity index (χ4n) is 0.208. The van der Waals surface area contributed by atoms with Crippen LogP contribution in [0.1, 0.15) is 6.92 Å². The van der Waals surface area contributed by atoms with E-state index < -0.39 is 0 Å². The maximum absolute atomic E-state index is 10.3. The largest absolute Gasteiger partial charge is 0.449 e. The van der Waals surface area contributed by atoms with Crippen molar-refractivity contribution in [2.24, 2.45) is 0 Å². The van der Waals surface area contributed by atoms with Gasteiger partial charge in [0.25, 0.3) is 0 Å². The molecule has 0 radical (unpaired) electrons. The van der Waals surface area contributed by atoms with Crippen LogP contribution < -0.4 is 0 Å². The Morgan fingerprint density at radius 1 is 2.00 bits per heavy atom. The molecular formula is C5H7IO2. The van der Waals surface area contributed by atoms with E-state index in [4.69, 9.17) is 0 Å². The van der Waals surface area contributed by atoms with E-state index in [-0.39, 0.29) is 10.1 Å². The number of rotatable bonds is 2. The average molecular weight is 226 g/mol. The summed E-state index contributed by atoms with van der Waals surface area (Å²) in [6, 6.07) is 0. The molecule has 0 saturated carbocycles. The Labute approximate surface area is 62.0 Å². The van der Waals surface area contributed by atoms with Crippen molar-refractivity contribution in [2.45, 2.75) is 11.0 Å². The van der Waals surface area contributed by atoms with Crippen LogP contribution in [0.25, 0.3) is 0 Å². The Bertz CT molecular complexity index is 98.6. The van der Waals surface area contributed by atoms with Gasteiger partial charge in [0.15, 0.2) is 0 Å². The fourth-order valence-corrected chi connectivity index (χ4v) is 0.459. The van der Waals surface area contributed by atoms with E-state index >= 15 is 0 Å². The van der Waals surface area contributed by atoms with Gasteiger partial charge in [-0.1, -0.05) is 6.58 Å². The first kappa shape index (κ1) is 7.94. The minimum absolute atomic E-state index is 0.0712. The van der Waals surface area contributed by atoms with Crippen molar-refractivity contribution in [3.8, 4) is 0 Å². The molecule has 1 unspecified atom stereocenters. The van der Waals surface area contributed by atoms with Gasteiger partial charge < -0.3 is 4.74 Å². The lowest BCUT2D eigenvalue weighted by atomic mass is 10.6. The normalized spacial score (nSPS) is 12.2. The summed E-state index contributed by atoms with van der Waals surface area (Å²) in [4.78, 5) is 10.3. The second-order valence-corrected chi connectivity index (χ2v) is 2.94. The molecule has 0 fully saturated rings. The summed E-state index contributed by atoms with van der Waals surface area (Å²) in [5, 5.41) is 0. The van der Waals surface area contributed by atoms with Crippen LogP contribution in [0, 0.1) is 0 Å². The third-order valence-electron chi connectivity index (χ3n) is 0.445. The highest BCUT2D eigenvalue weighted by atomic mass is 127. The Morgan fingerprint density at radius 2 is 2.50 bits per heavy atom. The van der Waals surface area contributed by atoms with Crippen LogP contribution in [0.15, 0.2) is 12.7 Å². The molecule has 0 aromatic carbocycles. The SMILES string of the molecule is C=CC(=O)OC(C)I. The Morgan fingerprint density at radius 3 is 2.62 bits per heavy atom. The van der Waals surface area contributed by atoms with Gasteiger partial charge in [0.2, 0.25) is 0 Å². The van der Waals surface area contributed by atoms with E-state index in [2.05, 4.69) is 11.3 Å². The van der Waals surface area contributed by atoms with E-state index in [1.54, 1.807) is 6.92 Å². The molecule has 0 heterocycles. The number of alkyl halides is 1. The van der Waals surface area contributed by atoms with Crippen LogP contribution >= 0.6 is 22.6 Å². The van der Waals surface area contributed by atoms with Gasteiger partial charge in [0, 0.05) is 6.08 Å². The van der Waals surface area contributed by atoms with Crippen LogP contribution in [0.3, 0.4) is 0 Å². The second-order valence-electron chi connectivity index (χ2n) is 1.18. The summed E-state index contributed by atoms with van der Waals surface area (Å²) >= 11 is 1.99. The van der Waals surface area contributed by atoms with Crippen LogP contribution in [0.4, 0.5) is 0 Å². The molecular weight excluding hydrogens is 219 g/mol. The zero-order chi connectivity index (χ0) is 6.57. The third-order valence-corrected chi connectivity index (χ3v) is 0.699. The summed E-state index contributed by atoms with van der Waals surface area (Å²) in [5.74, 6) is -0.369. The van der Waals surface area contributed by atoms with Gasteiger partial charge in [-0.15, -0.1) is 0 Å². The van der Waals surface area contributed by atoms with E-state index in [1.165, 1.54) is 0 Å². The van der Waals surface area contributed by atoms with Crippen LogP contribution in [-0.2, 0) is 9.53 Å². The summed E-state index contributed by atoms with van der Waals surface area (Å²) < 4.78 is 4.56. The Kier molecular flexibility index (Phi) is 3.85. The molecule has 1 atom stereocenters. The van der Waals surface area contributed by atoms with Gasteiger partial charge in [0.05, 0.1) is 0 Å². The lowest BCUT2D eigenvalue weighted by Crippen LogP contribution is -2.04. The first-order valence-electron chi connectivity index (χ1n) is 2.14. The summed E-state index contributed by atoms with van der Waals surface area (Å²) in [6.45, 7) is 5.02. The predicted molar refractivity (Wildman–Crippen MR) is 39.8 cm³/mol. The zero-order valence-corrected chi connectivity index (χ0v) is 6.71. The van der Waals surface area contributed by atoms with Crippen molar-refractivity contribution in [1.82, 2.24) is 0 Å². The standard InChI is InChI=1S/C5H7IO2/c1-3-5(7)8-4(2)6/h3-4H,1H2,2H3. The molecule has 0 spiro atoms. The van der Waals surface area contributed by atoms with Crippen LogP contribution in [0.2, 0.25) is 0 Å². The molecule has 0 aliphatic carbocycles. The number of carbonyl (C=O) groups excluding carboxylic acids is 1. The van der Waals surface area contributed by atoms with E-state index in [9.17, 15) is 4.79 Å². The van der Waals surface area contributed by atoms with E-state index in [1.807, 2.05) is 22.6 Å². The molecule has 46 valence electrons. The van der Waals surface area contributed by atoms with Crippen molar-refractivity contribution >= 4 is 28.6 Å². The van der Waals surface area contributed by atoms with Gasteiger partial charge in [-0.3, -0.25) is 0 Å². The highest BCUT2D eigenvalue weighted by Crippen LogP contribution is 1.99. The van der Waals surface area contributed by atoms with Crippen LogP contribution in [0.5, 0.6) is 0 Å². The zero-order valence-electron chi connectivity index (χ0n) is 4.56. The Hall–Kier alpha value is -0.0600. The molecule has 0 N–H and O–H groups in total. The van der Waals surface area contributed by atoms with Crippen molar-refractivity contribution in [3.05, 3.63) is 12.7 Å². The molecule has 0 bridgehead atoms. The molecule has 0 saturated heterocycles. The van der Waals surface area contributed by atoms with Gasteiger partial charge in [-0.05, 0) is 29.5 Å². The molecule has 8 heavy (non-hydrogen) atoms. The number of ether oxygens (including phenoxy) is 1. The summed E-state index contributed by atoms with van der Waals surface area (Å²) in [6.07, 6.45) is 1.15. The molecule has 0 aliphatic rings. The Balaban J connectivity index is 3.39. The molecule has 2 nitrogen and oxygen atoms in total. The van der Waals surface area contributed by atoms with Crippen molar-refractivity contribution in [3.63, 3.8) is 0 Å².